The Morgan fingerprint density at radius 1 is 1.27 bits per heavy atom. The van der Waals surface area contributed by atoms with Crippen molar-refractivity contribution in [1.29, 1.82) is 0 Å². The minimum absolute atomic E-state index is 0.0904. The lowest BCUT2D eigenvalue weighted by molar-refractivity contribution is -0.126. The smallest absolute Gasteiger partial charge is 0.304 e. The fourth-order valence-electron chi connectivity index (χ4n) is 3.59. The summed E-state index contributed by atoms with van der Waals surface area (Å²) in [6, 6.07) is 11.0. The quantitative estimate of drug-likeness (QED) is 0.635. The Kier molecular flexibility index (Phi) is 7.74. The van der Waals surface area contributed by atoms with Crippen molar-refractivity contribution < 1.29 is 17.9 Å². The van der Waals surface area contributed by atoms with Gasteiger partial charge in [-0.15, -0.1) is 11.3 Å². The molecule has 3 rings (SSSR count). The van der Waals surface area contributed by atoms with E-state index in [1.165, 1.54) is 8.61 Å². The van der Waals surface area contributed by atoms with E-state index < -0.39 is 10.2 Å². The zero-order chi connectivity index (χ0) is 21.6. The number of ether oxygens (including phenoxy) is 1. The molecule has 2 aromatic rings. The third-order valence-electron chi connectivity index (χ3n) is 5.10. The lowest BCUT2D eigenvalue weighted by Crippen LogP contribution is -2.50. The monoisotopic (exact) mass is 451 g/mol. The Balaban J connectivity index is 1.68. The summed E-state index contributed by atoms with van der Waals surface area (Å²) in [5.74, 6) is 0.273. The number of rotatable bonds is 9. The molecule has 0 aliphatic carbocycles. The van der Waals surface area contributed by atoms with Gasteiger partial charge in [0, 0.05) is 24.5 Å². The number of nitrogens with one attached hydrogen (secondary N) is 1. The number of hydrogen-bond donors (Lipinski definition) is 1. The van der Waals surface area contributed by atoms with Crippen molar-refractivity contribution in [3.63, 3.8) is 0 Å². The molecule has 1 aromatic heterocycles. The molecule has 1 saturated heterocycles. The minimum Gasteiger partial charge on any atom is -0.494 e. The number of carbonyl (C=O) groups is 1. The molecule has 0 saturated carbocycles. The Bertz CT molecular complexity index is 914. The first kappa shape index (κ1) is 22.6. The van der Waals surface area contributed by atoms with E-state index in [-0.39, 0.29) is 18.4 Å². The van der Waals surface area contributed by atoms with E-state index in [0.717, 1.165) is 4.88 Å². The first-order chi connectivity index (χ1) is 14.5. The van der Waals surface area contributed by atoms with Crippen LogP contribution in [0.15, 0.2) is 41.8 Å². The van der Waals surface area contributed by atoms with E-state index in [1.807, 2.05) is 31.4 Å². The predicted octanol–water partition coefficient (Wildman–Crippen LogP) is 3.25. The number of carbonyl (C=O) groups excluding carboxylic acids is 1. The number of thiophene rings is 1. The van der Waals surface area contributed by atoms with Crippen LogP contribution in [0.5, 0.6) is 5.75 Å². The number of nitrogens with zero attached hydrogens (tertiary/aromatic N) is 2. The highest BCUT2D eigenvalue weighted by molar-refractivity contribution is 7.90. The molecule has 2 heterocycles. The summed E-state index contributed by atoms with van der Waals surface area (Å²) >= 11 is 1.59. The highest BCUT2D eigenvalue weighted by Crippen LogP contribution is 2.27. The lowest BCUT2D eigenvalue weighted by atomic mass is 9.99. The van der Waals surface area contributed by atoms with Gasteiger partial charge in [0.05, 0.1) is 24.8 Å². The average molecular weight is 452 g/mol. The van der Waals surface area contributed by atoms with Gasteiger partial charge < -0.3 is 10.1 Å². The molecule has 0 bridgehead atoms. The van der Waals surface area contributed by atoms with Crippen LogP contribution in [0.3, 0.4) is 0 Å². The molecule has 1 amide bonds. The Morgan fingerprint density at radius 3 is 2.67 bits per heavy atom. The van der Waals surface area contributed by atoms with Gasteiger partial charge in [-0.25, -0.2) is 0 Å². The molecule has 9 heteroatoms. The average Bonchev–Trinajstić information content (AvgIpc) is 3.27. The van der Waals surface area contributed by atoms with Crippen LogP contribution in [0, 0.1) is 5.92 Å². The van der Waals surface area contributed by atoms with E-state index >= 15 is 0 Å². The van der Waals surface area contributed by atoms with Crippen molar-refractivity contribution in [2.75, 3.05) is 30.5 Å². The second-order valence-corrected chi connectivity index (χ2v) is 9.98. The van der Waals surface area contributed by atoms with Crippen LogP contribution < -0.4 is 14.4 Å². The van der Waals surface area contributed by atoms with Crippen molar-refractivity contribution >= 4 is 33.1 Å². The van der Waals surface area contributed by atoms with Crippen molar-refractivity contribution in [3.05, 3.63) is 46.7 Å². The summed E-state index contributed by atoms with van der Waals surface area (Å²) in [4.78, 5) is 13.7. The van der Waals surface area contributed by atoms with Crippen LogP contribution in [0.2, 0.25) is 0 Å². The van der Waals surface area contributed by atoms with Gasteiger partial charge >= 0.3 is 10.2 Å². The second-order valence-electron chi connectivity index (χ2n) is 7.09. The SMILES string of the molecule is CCOc1ccc(N(CC)S(=O)(=O)N2CCCC(C(=O)NCc3cccs3)C2)cc1. The van der Waals surface area contributed by atoms with E-state index in [1.54, 1.807) is 35.6 Å². The number of amides is 1. The summed E-state index contributed by atoms with van der Waals surface area (Å²) in [5, 5.41) is 4.91. The topological polar surface area (TPSA) is 79.0 Å². The van der Waals surface area contributed by atoms with Crippen molar-refractivity contribution in [2.24, 2.45) is 5.92 Å². The summed E-state index contributed by atoms with van der Waals surface area (Å²) in [5.41, 5.74) is 0.588. The molecule has 0 radical (unpaired) electrons. The predicted molar refractivity (Wildman–Crippen MR) is 120 cm³/mol. The standard InChI is InChI=1S/C21H29N3O4S2/c1-3-24(18-9-11-19(12-10-18)28-4-2)30(26,27)23-13-5-7-17(16-23)21(25)22-15-20-8-6-14-29-20/h6,8-12,14,17H,3-5,7,13,15-16H2,1-2H3,(H,22,25). The fourth-order valence-corrected chi connectivity index (χ4v) is 5.96. The van der Waals surface area contributed by atoms with Crippen molar-refractivity contribution in [2.45, 2.75) is 33.2 Å². The molecular weight excluding hydrogens is 422 g/mol. The van der Waals surface area contributed by atoms with E-state index in [4.69, 9.17) is 4.74 Å². The Labute approximate surface area is 182 Å². The molecule has 1 unspecified atom stereocenters. The molecule has 1 aliphatic heterocycles. The molecule has 0 spiro atoms. The van der Waals surface area contributed by atoms with Gasteiger partial charge in [-0.2, -0.15) is 12.7 Å². The van der Waals surface area contributed by atoms with Crippen LogP contribution in [0.1, 0.15) is 31.6 Å². The third kappa shape index (κ3) is 5.33. The van der Waals surface area contributed by atoms with Gasteiger partial charge in [0.25, 0.3) is 0 Å². The van der Waals surface area contributed by atoms with Crippen molar-refractivity contribution in [1.82, 2.24) is 9.62 Å². The Morgan fingerprint density at radius 2 is 2.03 bits per heavy atom. The van der Waals surface area contributed by atoms with Gasteiger partial charge in [0.2, 0.25) is 5.91 Å². The highest BCUT2D eigenvalue weighted by atomic mass is 32.2. The Hall–Kier alpha value is -2.10. The fraction of sp³-hybridized carbons (Fsp3) is 0.476. The molecule has 7 nitrogen and oxygen atoms in total. The third-order valence-corrected chi connectivity index (χ3v) is 7.99. The summed E-state index contributed by atoms with van der Waals surface area (Å²) in [6.45, 7) is 5.67. The first-order valence-electron chi connectivity index (χ1n) is 10.3. The number of piperidine rings is 1. The van der Waals surface area contributed by atoms with Gasteiger partial charge in [-0.1, -0.05) is 6.07 Å². The largest absolute Gasteiger partial charge is 0.494 e. The number of anilines is 1. The maximum Gasteiger partial charge on any atom is 0.304 e. The van der Waals surface area contributed by atoms with Gasteiger partial charge in [-0.05, 0) is 62.4 Å². The molecule has 30 heavy (non-hydrogen) atoms. The molecule has 1 aliphatic rings. The molecule has 1 aromatic carbocycles. The number of benzene rings is 1. The maximum absolute atomic E-state index is 13.3. The van der Waals surface area contributed by atoms with Gasteiger partial charge in [-0.3, -0.25) is 9.10 Å². The molecule has 1 N–H and O–H groups in total. The van der Waals surface area contributed by atoms with Crippen LogP contribution in [-0.2, 0) is 21.5 Å². The summed E-state index contributed by atoms with van der Waals surface area (Å²) in [6.07, 6.45) is 1.36. The van der Waals surface area contributed by atoms with Crippen LogP contribution >= 0.6 is 11.3 Å². The van der Waals surface area contributed by atoms with Gasteiger partial charge in [0.1, 0.15) is 5.75 Å². The van der Waals surface area contributed by atoms with Crippen LogP contribution in [0.4, 0.5) is 5.69 Å². The van der Waals surface area contributed by atoms with Crippen LogP contribution in [-0.4, -0.2) is 44.9 Å². The zero-order valence-electron chi connectivity index (χ0n) is 17.4. The lowest BCUT2D eigenvalue weighted by Gasteiger charge is -2.35. The van der Waals surface area contributed by atoms with Gasteiger partial charge in [0.15, 0.2) is 0 Å². The van der Waals surface area contributed by atoms with E-state index in [9.17, 15) is 13.2 Å². The van der Waals surface area contributed by atoms with Crippen LogP contribution in [0.25, 0.3) is 0 Å². The molecular formula is C21H29N3O4S2. The van der Waals surface area contributed by atoms with Crippen molar-refractivity contribution in [3.8, 4) is 5.75 Å². The zero-order valence-corrected chi connectivity index (χ0v) is 19.0. The molecule has 1 atom stereocenters. The maximum atomic E-state index is 13.3. The molecule has 1 fully saturated rings. The second kappa shape index (κ2) is 10.3. The number of hydrogen-bond acceptors (Lipinski definition) is 5. The summed E-state index contributed by atoms with van der Waals surface area (Å²) in [7, 11) is -3.73. The minimum atomic E-state index is -3.73. The first-order valence-corrected chi connectivity index (χ1v) is 12.5. The summed E-state index contributed by atoms with van der Waals surface area (Å²) < 4.78 is 34.9. The van der Waals surface area contributed by atoms with E-state index in [0.29, 0.717) is 50.5 Å². The highest BCUT2D eigenvalue weighted by Gasteiger charge is 2.35. The molecule has 164 valence electrons. The normalized spacial score (nSPS) is 17.5. The van der Waals surface area contributed by atoms with E-state index in [2.05, 4.69) is 5.32 Å².